The highest BCUT2D eigenvalue weighted by atomic mass is 15.1. The number of aromatic nitrogens is 2. The van der Waals surface area contributed by atoms with Gasteiger partial charge in [0.15, 0.2) is 0 Å². The molecule has 20 heavy (non-hydrogen) atoms. The summed E-state index contributed by atoms with van der Waals surface area (Å²) < 4.78 is 0. The maximum absolute atomic E-state index is 4.67. The van der Waals surface area contributed by atoms with Crippen molar-refractivity contribution in [1.82, 2.24) is 9.97 Å². The molecule has 0 saturated heterocycles. The van der Waals surface area contributed by atoms with Gasteiger partial charge in [-0.25, -0.2) is 9.97 Å². The minimum Gasteiger partial charge on any atom is -0.370 e. The third-order valence-corrected chi connectivity index (χ3v) is 3.99. The molecule has 1 aromatic heterocycles. The molecule has 0 aliphatic heterocycles. The van der Waals surface area contributed by atoms with Crippen LogP contribution in [0.3, 0.4) is 0 Å². The molecule has 112 valence electrons. The topological polar surface area (TPSA) is 49.8 Å². The minimum absolute atomic E-state index is 0.585. The molecule has 4 heteroatoms. The van der Waals surface area contributed by atoms with E-state index < -0.39 is 0 Å². The number of rotatable bonds is 8. The second kappa shape index (κ2) is 6.91. The molecule has 1 atom stereocenters. The van der Waals surface area contributed by atoms with Crippen molar-refractivity contribution in [1.29, 1.82) is 0 Å². The molecule has 1 aliphatic carbocycles. The lowest BCUT2D eigenvalue weighted by Gasteiger charge is -2.17. The van der Waals surface area contributed by atoms with Crippen molar-refractivity contribution >= 4 is 11.6 Å². The summed E-state index contributed by atoms with van der Waals surface area (Å²) in [5, 5.41) is 6.85. The maximum Gasteiger partial charge on any atom is 0.136 e. The first-order valence-corrected chi connectivity index (χ1v) is 7.96. The molecule has 1 fully saturated rings. The van der Waals surface area contributed by atoms with E-state index in [1.807, 2.05) is 6.07 Å². The summed E-state index contributed by atoms with van der Waals surface area (Å²) in [6, 6.07) is 2.04. The van der Waals surface area contributed by atoms with E-state index in [0.29, 0.717) is 17.8 Å². The Morgan fingerprint density at radius 2 is 1.80 bits per heavy atom. The predicted molar refractivity (Wildman–Crippen MR) is 85.3 cm³/mol. The van der Waals surface area contributed by atoms with Crippen molar-refractivity contribution in [2.75, 3.05) is 23.7 Å². The van der Waals surface area contributed by atoms with Gasteiger partial charge < -0.3 is 10.6 Å². The Labute approximate surface area is 122 Å². The Morgan fingerprint density at radius 1 is 1.15 bits per heavy atom. The zero-order valence-electron chi connectivity index (χ0n) is 13.2. The minimum atomic E-state index is 0.585. The summed E-state index contributed by atoms with van der Waals surface area (Å²) in [5.41, 5.74) is 0. The molecule has 1 aromatic rings. The summed E-state index contributed by atoms with van der Waals surface area (Å²) in [4.78, 5) is 9.31. The highest BCUT2D eigenvalue weighted by Crippen LogP contribution is 2.38. The van der Waals surface area contributed by atoms with E-state index in [1.54, 1.807) is 0 Å². The number of nitrogens with zero attached hydrogens (tertiary/aromatic N) is 2. The van der Waals surface area contributed by atoms with Gasteiger partial charge in [-0.05, 0) is 31.1 Å². The van der Waals surface area contributed by atoms with E-state index in [9.17, 15) is 0 Å². The van der Waals surface area contributed by atoms with Crippen molar-refractivity contribution in [2.45, 2.75) is 52.9 Å². The van der Waals surface area contributed by atoms with Gasteiger partial charge in [0.2, 0.25) is 0 Å². The van der Waals surface area contributed by atoms with Gasteiger partial charge in [0, 0.05) is 25.1 Å². The van der Waals surface area contributed by atoms with Crippen LogP contribution in [0.1, 0.15) is 58.7 Å². The molecule has 1 unspecified atom stereocenters. The zero-order valence-corrected chi connectivity index (χ0v) is 13.2. The number of hydrogen-bond donors (Lipinski definition) is 2. The molecule has 0 bridgehead atoms. The first-order chi connectivity index (χ1) is 9.60. The molecule has 1 heterocycles. The molecular formula is C16H28N4. The fourth-order valence-corrected chi connectivity index (χ4v) is 1.93. The van der Waals surface area contributed by atoms with Crippen molar-refractivity contribution in [3.63, 3.8) is 0 Å². The Bertz CT molecular complexity index is 426. The van der Waals surface area contributed by atoms with Gasteiger partial charge in [-0.15, -0.1) is 0 Å². The van der Waals surface area contributed by atoms with E-state index in [0.717, 1.165) is 37.0 Å². The van der Waals surface area contributed by atoms with Crippen molar-refractivity contribution < 1.29 is 0 Å². The predicted octanol–water partition coefficient (Wildman–Crippen LogP) is 3.88. The molecule has 1 aliphatic rings. The van der Waals surface area contributed by atoms with Crippen LogP contribution in [0.5, 0.6) is 0 Å². The standard InChI is InChI=1S/C16H28N4/c1-5-8-17-14-9-15(18-10-12(4)11(2)3)20-16(19-14)13-6-7-13/h9,11-13H,5-8,10H2,1-4H3,(H2,17,18,19,20). The van der Waals surface area contributed by atoms with Crippen LogP contribution in [0.25, 0.3) is 0 Å². The number of anilines is 2. The van der Waals surface area contributed by atoms with Crippen molar-refractivity contribution in [2.24, 2.45) is 11.8 Å². The van der Waals surface area contributed by atoms with Crippen molar-refractivity contribution in [3.8, 4) is 0 Å². The summed E-state index contributed by atoms with van der Waals surface area (Å²) in [5.74, 6) is 4.84. The summed E-state index contributed by atoms with van der Waals surface area (Å²) in [6.07, 6.45) is 3.58. The van der Waals surface area contributed by atoms with E-state index in [2.05, 4.69) is 48.3 Å². The zero-order chi connectivity index (χ0) is 14.5. The average molecular weight is 276 g/mol. The summed E-state index contributed by atoms with van der Waals surface area (Å²) in [6.45, 7) is 10.9. The SMILES string of the molecule is CCCNc1cc(NCC(C)C(C)C)nc(C2CC2)n1. The second-order valence-electron chi connectivity index (χ2n) is 6.30. The van der Waals surface area contributed by atoms with Gasteiger partial charge in [-0.2, -0.15) is 0 Å². The molecule has 0 aromatic carbocycles. The van der Waals surface area contributed by atoms with Gasteiger partial charge in [0.05, 0.1) is 0 Å². The molecular weight excluding hydrogens is 248 g/mol. The van der Waals surface area contributed by atoms with Crippen LogP contribution in [0.15, 0.2) is 6.07 Å². The van der Waals surface area contributed by atoms with Gasteiger partial charge in [0.25, 0.3) is 0 Å². The van der Waals surface area contributed by atoms with E-state index in [1.165, 1.54) is 12.8 Å². The lowest BCUT2D eigenvalue weighted by molar-refractivity contribution is 0.439. The fourth-order valence-electron chi connectivity index (χ4n) is 1.93. The Hall–Kier alpha value is -1.32. The molecule has 4 nitrogen and oxygen atoms in total. The van der Waals surface area contributed by atoms with E-state index >= 15 is 0 Å². The molecule has 0 amide bonds. The number of nitrogens with one attached hydrogen (secondary N) is 2. The van der Waals surface area contributed by atoms with Gasteiger partial charge in [-0.1, -0.05) is 27.7 Å². The van der Waals surface area contributed by atoms with Crippen LogP contribution in [0, 0.1) is 11.8 Å². The van der Waals surface area contributed by atoms with Crippen LogP contribution >= 0.6 is 0 Å². The monoisotopic (exact) mass is 276 g/mol. The van der Waals surface area contributed by atoms with Crippen LogP contribution < -0.4 is 10.6 Å². The fraction of sp³-hybridized carbons (Fsp3) is 0.750. The molecule has 0 radical (unpaired) electrons. The molecule has 1 saturated carbocycles. The van der Waals surface area contributed by atoms with Gasteiger partial charge in [0.1, 0.15) is 17.5 Å². The first-order valence-electron chi connectivity index (χ1n) is 7.96. The smallest absolute Gasteiger partial charge is 0.136 e. The van der Waals surface area contributed by atoms with Crippen molar-refractivity contribution in [3.05, 3.63) is 11.9 Å². The third kappa shape index (κ3) is 4.36. The quantitative estimate of drug-likeness (QED) is 0.756. The Balaban J connectivity index is 2.04. The highest BCUT2D eigenvalue weighted by molar-refractivity contribution is 5.48. The average Bonchev–Trinajstić information content (AvgIpc) is 3.26. The highest BCUT2D eigenvalue weighted by Gasteiger charge is 2.27. The molecule has 2 rings (SSSR count). The summed E-state index contributed by atoms with van der Waals surface area (Å²) in [7, 11) is 0. The van der Waals surface area contributed by atoms with Crippen LogP contribution in [-0.2, 0) is 0 Å². The lowest BCUT2D eigenvalue weighted by atomic mass is 9.98. The largest absolute Gasteiger partial charge is 0.370 e. The summed E-state index contributed by atoms with van der Waals surface area (Å²) >= 11 is 0. The van der Waals surface area contributed by atoms with Crippen LogP contribution in [0.2, 0.25) is 0 Å². The van der Waals surface area contributed by atoms with E-state index in [4.69, 9.17) is 0 Å². The van der Waals surface area contributed by atoms with Gasteiger partial charge >= 0.3 is 0 Å². The Kier molecular flexibility index (Phi) is 5.21. The third-order valence-electron chi connectivity index (χ3n) is 3.99. The van der Waals surface area contributed by atoms with Gasteiger partial charge in [-0.3, -0.25) is 0 Å². The maximum atomic E-state index is 4.67. The van der Waals surface area contributed by atoms with Crippen LogP contribution in [0.4, 0.5) is 11.6 Å². The first kappa shape index (κ1) is 15.1. The molecule has 2 N–H and O–H groups in total. The van der Waals surface area contributed by atoms with Crippen LogP contribution in [-0.4, -0.2) is 23.1 Å². The molecule has 0 spiro atoms. The lowest BCUT2D eigenvalue weighted by Crippen LogP contribution is -2.17. The van der Waals surface area contributed by atoms with E-state index in [-0.39, 0.29) is 0 Å². The second-order valence-corrected chi connectivity index (χ2v) is 6.30. The normalized spacial score (nSPS) is 16.2. The number of hydrogen-bond acceptors (Lipinski definition) is 4. The Morgan fingerprint density at radius 3 is 2.35 bits per heavy atom.